The zero-order valence-electron chi connectivity index (χ0n) is 15.2. The van der Waals surface area contributed by atoms with E-state index in [1.165, 1.54) is 6.08 Å². The second-order valence-corrected chi connectivity index (χ2v) is 8.95. The topological polar surface area (TPSA) is 110 Å². The van der Waals surface area contributed by atoms with Gasteiger partial charge in [0.15, 0.2) is 15.7 Å². The van der Waals surface area contributed by atoms with Crippen molar-refractivity contribution in [2.75, 3.05) is 18.8 Å². The van der Waals surface area contributed by atoms with E-state index in [0.717, 1.165) is 25.9 Å². The van der Waals surface area contributed by atoms with Crippen molar-refractivity contribution >= 4 is 9.84 Å². The molecule has 27 heavy (non-hydrogen) atoms. The van der Waals surface area contributed by atoms with E-state index in [1.54, 1.807) is 24.3 Å². The average Bonchev–Trinajstić information content (AvgIpc) is 3.21. The van der Waals surface area contributed by atoms with Crippen molar-refractivity contribution < 1.29 is 13.2 Å². The van der Waals surface area contributed by atoms with E-state index in [9.17, 15) is 8.42 Å². The highest BCUT2D eigenvalue weighted by Gasteiger charge is 2.26. The number of piperidine rings is 1. The molecule has 1 unspecified atom stereocenters. The molecule has 1 aliphatic heterocycles. The second kappa shape index (κ2) is 9.09. The van der Waals surface area contributed by atoms with Crippen LogP contribution in [0, 0.1) is 5.92 Å². The molecule has 1 aromatic heterocycles. The lowest BCUT2D eigenvalue weighted by Crippen LogP contribution is -2.29. The molecule has 0 radical (unpaired) electrons. The zero-order valence-corrected chi connectivity index (χ0v) is 16.0. The van der Waals surface area contributed by atoms with Crippen molar-refractivity contribution in [1.29, 1.82) is 0 Å². The van der Waals surface area contributed by atoms with Crippen LogP contribution in [-0.2, 0) is 16.4 Å². The first-order valence-corrected chi connectivity index (χ1v) is 10.8. The molecule has 1 fully saturated rings. The Balaban J connectivity index is 1.60. The largest absolute Gasteiger partial charge is 0.486 e. The fourth-order valence-corrected chi connectivity index (χ4v) is 5.04. The number of ether oxygens (including phenoxy) is 1. The monoisotopic (exact) mass is 391 g/mol. The summed E-state index contributed by atoms with van der Waals surface area (Å²) in [5.41, 5.74) is 0.698. The average molecular weight is 391 g/mol. The summed E-state index contributed by atoms with van der Waals surface area (Å²) >= 11 is 0. The van der Waals surface area contributed by atoms with E-state index < -0.39 is 15.1 Å². The number of benzene rings is 1. The lowest BCUT2D eigenvalue weighted by Gasteiger charge is -2.23. The van der Waals surface area contributed by atoms with E-state index in [4.69, 9.17) is 4.74 Å². The van der Waals surface area contributed by atoms with Gasteiger partial charge in [-0.3, -0.25) is 0 Å². The number of H-pyrrole nitrogens is 1. The molecule has 146 valence electrons. The molecule has 1 aromatic carbocycles. The lowest BCUT2D eigenvalue weighted by atomic mass is 9.96. The fraction of sp³-hybridized carbons (Fsp3) is 0.500. The minimum Gasteiger partial charge on any atom is -0.486 e. The molecular weight excluding hydrogens is 366 g/mol. The summed E-state index contributed by atoms with van der Waals surface area (Å²) in [6, 6.07) is 7.03. The van der Waals surface area contributed by atoms with Crippen molar-refractivity contribution in [3.05, 3.63) is 48.3 Å². The highest BCUT2D eigenvalue weighted by Crippen LogP contribution is 2.28. The minimum absolute atomic E-state index is 0.186. The van der Waals surface area contributed by atoms with Crippen molar-refractivity contribution in [3.63, 3.8) is 0 Å². The molecule has 0 bridgehead atoms. The summed E-state index contributed by atoms with van der Waals surface area (Å²) in [6.45, 7) is 5.91. The van der Waals surface area contributed by atoms with Crippen LogP contribution in [0.4, 0.5) is 0 Å². The highest BCUT2D eigenvalue weighted by molar-refractivity contribution is 7.91. The molecule has 2 aromatic rings. The van der Waals surface area contributed by atoms with Crippen molar-refractivity contribution in [3.8, 4) is 5.75 Å². The van der Waals surface area contributed by atoms with Gasteiger partial charge in [0.05, 0.1) is 5.75 Å². The molecule has 0 spiro atoms. The van der Waals surface area contributed by atoms with Crippen molar-refractivity contribution in [2.45, 2.75) is 31.1 Å². The van der Waals surface area contributed by atoms with Gasteiger partial charge in [-0.25, -0.2) is 13.5 Å². The van der Waals surface area contributed by atoms with Crippen LogP contribution in [0.5, 0.6) is 5.75 Å². The first-order chi connectivity index (χ1) is 13.1. The van der Waals surface area contributed by atoms with Gasteiger partial charge in [-0.15, -0.1) is 11.7 Å². The Morgan fingerprint density at radius 1 is 1.26 bits per heavy atom. The number of sulfone groups is 1. The Labute approximate surface area is 159 Å². The van der Waals surface area contributed by atoms with Crippen LogP contribution in [0.3, 0.4) is 0 Å². The number of aromatic nitrogens is 4. The Morgan fingerprint density at radius 3 is 2.63 bits per heavy atom. The number of tetrazole rings is 1. The Kier molecular flexibility index (Phi) is 6.57. The van der Waals surface area contributed by atoms with Gasteiger partial charge in [0, 0.05) is 0 Å². The summed E-state index contributed by atoms with van der Waals surface area (Å²) in [7, 11) is -3.30. The quantitative estimate of drug-likeness (QED) is 0.627. The molecule has 1 atom stereocenters. The van der Waals surface area contributed by atoms with Crippen LogP contribution >= 0.6 is 0 Å². The van der Waals surface area contributed by atoms with Gasteiger partial charge in [-0.1, -0.05) is 18.2 Å². The maximum absolute atomic E-state index is 12.8. The zero-order chi connectivity index (χ0) is 19.1. The Morgan fingerprint density at radius 2 is 2.00 bits per heavy atom. The van der Waals surface area contributed by atoms with Gasteiger partial charge in [-0.2, -0.15) is 0 Å². The van der Waals surface area contributed by atoms with Gasteiger partial charge < -0.3 is 10.1 Å². The molecule has 0 amide bonds. The third-order valence-electron chi connectivity index (χ3n) is 4.84. The van der Waals surface area contributed by atoms with Crippen LogP contribution in [0.25, 0.3) is 0 Å². The second-order valence-electron chi connectivity index (χ2n) is 6.71. The number of nitrogens with zero attached hydrogens (tertiary/aromatic N) is 3. The first kappa shape index (κ1) is 19.5. The highest BCUT2D eigenvalue weighted by atomic mass is 32.2. The number of hydrogen-bond donors (Lipinski definition) is 2. The predicted octanol–water partition coefficient (Wildman–Crippen LogP) is 1.81. The normalized spacial score (nSPS) is 16.7. The summed E-state index contributed by atoms with van der Waals surface area (Å²) in [5.74, 6) is 1.80. The van der Waals surface area contributed by atoms with E-state index >= 15 is 0 Å². The van der Waals surface area contributed by atoms with Gasteiger partial charge in [0.2, 0.25) is 0 Å². The maximum Gasteiger partial charge on any atom is 0.186 e. The molecule has 3 rings (SSSR count). The molecule has 2 heterocycles. The number of aromatic amines is 1. The number of hydrogen-bond acceptors (Lipinski definition) is 7. The van der Waals surface area contributed by atoms with E-state index in [1.807, 2.05) is 0 Å². The Hall–Kier alpha value is -2.26. The predicted molar refractivity (Wildman–Crippen MR) is 102 cm³/mol. The molecule has 2 N–H and O–H groups in total. The first-order valence-electron chi connectivity index (χ1n) is 9.08. The smallest absolute Gasteiger partial charge is 0.186 e. The molecular formula is C18H25N5O3S. The molecule has 0 saturated carbocycles. The third-order valence-corrected chi connectivity index (χ3v) is 6.89. The van der Waals surface area contributed by atoms with Crippen LogP contribution in [0.15, 0.2) is 36.9 Å². The standard InChI is InChI=1S/C18H25N5O3S/c1-2-17(27(24,25)12-9-14-7-10-19-11-8-14)15-3-5-16(6-4-15)26-13-18-20-22-23-21-18/h2-6,14,17,19H,1,7-13H2,(H,20,21,22,23). The molecule has 9 heteroatoms. The summed E-state index contributed by atoms with van der Waals surface area (Å²) in [6.07, 6.45) is 4.30. The maximum atomic E-state index is 12.8. The number of nitrogens with one attached hydrogen (secondary N) is 2. The molecule has 1 saturated heterocycles. The third kappa shape index (κ3) is 5.36. The summed E-state index contributed by atoms with van der Waals surface area (Å²) in [4.78, 5) is 0. The van der Waals surface area contributed by atoms with Gasteiger partial charge in [-0.05, 0) is 66.4 Å². The van der Waals surface area contributed by atoms with Gasteiger partial charge in [0.25, 0.3) is 0 Å². The minimum atomic E-state index is -3.30. The van der Waals surface area contributed by atoms with E-state index in [0.29, 0.717) is 29.5 Å². The van der Waals surface area contributed by atoms with Crippen LogP contribution in [0.1, 0.15) is 35.9 Å². The lowest BCUT2D eigenvalue weighted by molar-refractivity contribution is 0.296. The molecule has 8 nitrogen and oxygen atoms in total. The number of rotatable bonds is 9. The van der Waals surface area contributed by atoms with Gasteiger partial charge in [0.1, 0.15) is 17.6 Å². The van der Waals surface area contributed by atoms with E-state index in [2.05, 4.69) is 32.5 Å². The van der Waals surface area contributed by atoms with Crippen molar-refractivity contribution in [2.24, 2.45) is 5.92 Å². The van der Waals surface area contributed by atoms with E-state index in [-0.39, 0.29) is 12.4 Å². The SMILES string of the molecule is C=CC(c1ccc(OCc2nnn[nH]2)cc1)S(=O)(=O)CCC1CCNCC1. The Bertz CT molecular complexity index is 815. The van der Waals surface area contributed by atoms with Crippen LogP contribution in [-0.4, -0.2) is 47.9 Å². The fourth-order valence-electron chi connectivity index (χ4n) is 3.26. The summed E-state index contributed by atoms with van der Waals surface area (Å²) < 4.78 is 31.2. The molecule has 1 aliphatic rings. The molecule has 0 aliphatic carbocycles. The van der Waals surface area contributed by atoms with Crippen molar-refractivity contribution in [1.82, 2.24) is 25.9 Å². The summed E-state index contributed by atoms with van der Waals surface area (Å²) in [5, 5.41) is 15.9. The van der Waals surface area contributed by atoms with Crippen LogP contribution in [0.2, 0.25) is 0 Å². The van der Waals surface area contributed by atoms with Gasteiger partial charge >= 0.3 is 0 Å². The van der Waals surface area contributed by atoms with Crippen LogP contribution < -0.4 is 10.1 Å².